The normalized spacial score (nSPS) is 13.2. The molecule has 0 unspecified atom stereocenters. The summed E-state index contributed by atoms with van der Waals surface area (Å²) in [6.45, 7) is 0.331. The molecule has 1 heterocycles. The second-order valence-corrected chi connectivity index (χ2v) is 6.52. The zero-order valence-electron chi connectivity index (χ0n) is 13.3. The van der Waals surface area contributed by atoms with Gasteiger partial charge in [0, 0.05) is 10.1 Å². The van der Waals surface area contributed by atoms with Crippen molar-refractivity contribution in [3.05, 3.63) is 56.7 Å². The third-order valence-electron chi connectivity index (χ3n) is 4.04. The van der Waals surface area contributed by atoms with Gasteiger partial charge < -0.3 is 9.47 Å². The van der Waals surface area contributed by atoms with Gasteiger partial charge in [0.05, 0.1) is 25.3 Å². The molecule has 0 fully saturated rings. The lowest BCUT2D eigenvalue weighted by molar-refractivity contribution is 0.0656. The van der Waals surface area contributed by atoms with E-state index in [1.165, 1.54) is 4.90 Å². The molecule has 3 rings (SSSR count). The Hall–Kier alpha value is -2.09. The molecule has 0 saturated carbocycles. The highest BCUT2D eigenvalue weighted by Gasteiger charge is 2.34. The molecule has 6 heteroatoms. The molecule has 0 radical (unpaired) electrons. The molecule has 0 atom stereocenters. The molecule has 2 aromatic carbocycles. The first-order valence-corrected chi connectivity index (χ1v) is 8.50. The number of ether oxygens (including phenoxy) is 2. The SMILES string of the molecule is COc1cc(I)c(CCN2C(=O)c3ccccc3C2=O)cc1OC. The number of rotatable bonds is 5. The molecule has 0 aliphatic carbocycles. The predicted molar refractivity (Wildman–Crippen MR) is 97.8 cm³/mol. The topological polar surface area (TPSA) is 55.8 Å². The number of nitrogens with zero attached hydrogens (tertiary/aromatic N) is 1. The summed E-state index contributed by atoms with van der Waals surface area (Å²) in [6.07, 6.45) is 0.560. The van der Waals surface area contributed by atoms with Gasteiger partial charge in [0.15, 0.2) is 11.5 Å². The molecule has 2 aromatic rings. The van der Waals surface area contributed by atoms with E-state index >= 15 is 0 Å². The van der Waals surface area contributed by atoms with E-state index in [-0.39, 0.29) is 11.8 Å². The molecule has 0 saturated heterocycles. The molecule has 1 aliphatic rings. The monoisotopic (exact) mass is 437 g/mol. The molecular weight excluding hydrogens is 421 g/mol. The first-order chi connectivity index (χ1) is 11.6. The van der Waals surface area contributed by atoms with Crippen molar-refractivity contribution in [2.24, 2.45) is 0 Å². The van der Waals surface area contributed by atoms with Crippen LogP contribution in [0.3, 0.4) is 0 Å². The average Bonchev–Trinajstić information content (AvgIpc) is 2.85. The highest BCUT2D eigenvalue weighted by atomic mass is 127. The van der Waals surface area contributed by atoms with Crippen molar-refractivity contribution in [1.82, 2.24) is 4.90 Å². The van der Waals surface area contributed by atoms with Crippen molar-refractivity contribution in [3.8, 4) is 11.5 Å². The third kappa shape index (κ3) is 2.86. The summed E-state index contributed by atoms with van der Waals surface area (Å²) in [5, 5.41) is 0. The Kier molecular flexibility index (Phi) is 4.75. The number of halogens is 1. The molecule has 1 aliphatic heterocycles. The van der Waals surface area contributed by atoms with E-state index in [4.69, 9.17) is 9.47 Å². The van der Waals surface area contributed by atoms with Gasteiger partial charge in [-0.15, -0.1) is 0 Å². The van der Waals surface area contributed by atoms with Crippen LogP contribution in [0.15, 0.2) is 36.4 Å². The van der Waals surface area contributed by atoms with Gasteiger partial charge in [-0.3, -0.25) is 14.5 Å². The number of amides is 2. The van der Waals surface area contributed by atoms with Gasteiger partial charge in [-0.05, 0) is 58.8 Å². The fourth-order valence-electron chi connectivity index (χ4n) is 2.76. The molecule has 124 valence electrons. The van der Waals surface area contributed by atoms with E-state index in [1.54, 1.807) is 38.5 Å². The first-order valence-electron chi connectivity index (χ1n) is 7.42. The molecule has 0 bridgehead atoms. The lowest BCUT2D eigenvalue weighted by atomic mass is 10.1. The van der Waals surface area contributed by atoms with Crippen molar-refractivity contribution >= 4 is 34.4 Å². The minimum atomic E-state index is -0.230. The van der Waals surface area contributed by atoms with Crippen molar-refractivity contribution in [2.75, 3.05) is 20.8 Å². The number of imide groups is 1. The maximum atomic E-state index is 12.4. The van der Waals surface area contributed by atoms with Crippen LogP contribution in [-0.4, -0.2) is 37.5 Å². The van der Waals surface area contributed by atoms with Crippen LogP contribution in [0.5, 0.6) is 11.5 Å². The van der Waals surface area contributed by atoms with Gasteiger partial charge in [0.2, 0.25) is 0 Å². The van der Waals surface area contributed by atoms with E-state index in [0.717, 1.165) is 9.13 Å². The molecule has 0 N–H and O–H groups in total. The molecule has 2 amide bonds. The summed E-state index contributed by atoms with van der Waals surface area (Å²) in [5.41, 5.74) is 1.96. The van der Waals surface area contributed by atoms with Crippen molar-refractivity contribution < 1.29 is 19.1 Å². The van der Waals surface area contributed by atoms with E-state index in [1.807, 2.05) is 12.1 Å². The van der Waals surface area contributed by atoms with Crippen molar-refractivity contribution in [1.29, 1.82) is 0 Å². The molecule has 0 spiro atoms. The standard InChI is InChI=1S/C18H16INO4/c1-23-15-9-11(14(19)10-16(15)24-2)7-8-20-17(21)12-5-3-4-6-13(12)18(20)22/h3-6,9-10H,7-8H2,1-2H3. The van der Waals surface area contributed by atoms with Gasteiger partial charge in [-0.1, -0.05) is 12.1 Å². The van der Waals surface area contributed by atoms with Crippen LogP contribution in [-0.2, 0) is 6.42 Å². The quantitative estimate of drug-likeness (QED) is 0.533. The third-order valence-corrected chi connectivity index (χ3v) is 5.04. The Morgan fingerprint density at radius 2 is 1.50 bits per heavy atom. The van der Waals surface area contributed by atoms with Gasteiger partial charge in [-0.2, -0.15) is 0 Å². The van der Waals surface area contributed by atoms with Crippen LogP contribution in [0, 0.1) is 3.57 Å². The predicted octanol–water partition coefficient (Wildman–Crippen LogP) is 3.15. The maximum Gasteiger partial charge on any atom is 0.261 e. The second kappa shape index (κ2) is 6.80. The number of benzene rings is 2. The maximum absolute atomic E-state index is 12.4. The Bertz CT molecular complexity index is 784. The number of carbonyl (C=O) groups excluding carboxylic acids is 2. The summed E-state index contributed by atoms with van der Waals surface area (Å²) < 4.78 is 11.6. The van der Waals surface area contributed by atoms with Crippen LogP contribution in [0.4, 0.5) is 0 Å². The van der Waals surface area contributed by atoms with E-state index < -0.39 is 0 Å². The van der Waals surface area contributed by atoms with Crippen molar-refractivity contribution in [2.45, 2.75) is 6.42 Å². The van der Waals surface area contributed by atoms with Crippen LogP contribution in [0.1, 0.15) is 26.3 Å². The highest BCUT2D eigenvalue weighted by Crippen LogP contribution is 2.32. The number of methoxy groups -OCH3 is 2. The zero-order chi connectivity index (χ0) is 17.3. The minimum absolute atomic E-state index is 0.230. The van der Waals surface area contributed by atoms with Gasteiger partial charge >= 0.3 is 0 Å². The fourth-order valence-corrected chi connectivity index (χ4v) is 3.47. The summed E-state index contributed by atoms with van der Waals surface area (Å²) in [5.74, 6) is 0.832. The summed E-state index contributed by atoms with van der Waals surface area (Å²) in [7, 11) is 3.17. The van der Waals surface area contributed by atoms with Crippen LogP contribution >= 0.6 is 22.6 Å². The van der Waals surface area contributed by atoms with Gasteiger partial charge in [-0.25, -0.2) is 0 Å². The van der Waals surface area contributed by atoms with E-state index in [0.29, 0.717) is 35.6 Å². The average molecular weight is 437 g/mol. The minimum Gasteiger partial charge on any atom is -0.493 e. The van der Waals surface area contributed by atoms with Crippen LogP contribution < -0.4 is 9.47 Å². The number of fused-ring (bicyclic) bond motifs is 1. The number of hydrogen-bond acceptors (Lipinski definition) is 4. The highest BCUT2D eigenvalue weighted by molar-refractivity contribution is 14.1. The number of carbonyl (C=O) groups is 2. The van der Waals surface area contributed by atoms with Crippen LogP contribution in [0.2, 0.25) is 0 Å². The van der Waals surface area contributed by atoms with E-state index in [9.17, 15) is 9.59 Å². The summed E-state index contributed by atoms with van der Waals surface area (Å²) in [4.78, 5) is 26.1. The Balaban J connectivity index is 1.80. The van der Waals surface area contributed by atoms with E-state index in [2.05, 4.69) is 22.6 Å². The Labute approximate surface area is 153 Å². The Morgan fingerprint density at radius 3 is 2.04 bits per heavy atom. The molecular formula is C18H16INO4. The molecule has 5 nitrogen and oxygen atoms in total. The van der Waals surface area contributed by atoms with Gasteiger partial charge in [0.1, 0.15) is 0 Å². The fraction of sp³-hybridized carbons (Fsp3) is 0.222. The van der Waals surface area contributed by atoms with Crippen LogP contribution in [0.25, 0.3) is 0 Å². The van der Waals surface area contributed by atoms with Crippen molar-refractivity contribution in [3.63, 3.8) is 0 Å². The zero-order valence-corrected chi connectivity index (χ0v) is 15.5. The summed E-state index contributed by atoms with van der Waals surface area (Å²) in [6, 6.07) is 10.7. The largest absolute Gasteiger partial charge is 0.493 e. The van der Waals surface area contributed by atoms with Gasteiger partial charge in [0.25, 0.3) is 11.8 Å². The summed E-state index contributed by atoms with van der Waals surface area (Å²) >= 11 is 2.22. The Morgan fingerprint density at radius 1 is 0.958 bits per heavy atom. The lowest BCUT2D eigenvalue weighted by Gasteiger charge is -2.16. The molecule has 0 aromatic heterocycles. The lowest BCUT2D eigenvalue weighted by Crippen LogP contribution is -2.31. The number of hydrogen-bond donors (Lipinski definition) is 0. The smallest absolute Gasteiger partial charge is 0.261 e. The molecule has 24 heavy (non-hydrogen) atoms. The first kappa shape index (κ1) is 16.8. The second-order valence-electron chi connectivity index (χ2n) is 5.36.